The Morgan fingerprint density at radius 1 is 1.33 bits per heavy atom. The average molecular weight is 137 g/mol. The van der Waals surface area contributed by atoms with Crippen LogP contribution in [0, 0.1) is 0 Å². The molecule has 5 heteroatoms. The fraction of sp³-hybridized carbons (Fsp3) is 1.00. The Labute approximate surface area is 80.9 Å². The molecule has 0 saturated carbocycles. The van der Waals surface area contributed by atoms with Gasteiger partial charge in [-0.15, -0.1) is 0 Å². The molecule has 3 nitrogen and oxygen atoms in total. The van der Waals surface area contributed by atoms with Crippen LogP contribution in [0.3, 0.4) is 0 Å². The zero-order chi connectivity index (χ0) is 4.50. The van der Waals surface area contributed by atoms with Gasteiger partial charge in [-0.05, 0) is 0 Å². The Hall–Kier alpha value is 1.95. The van der Waals surface area contributed by atoms with Crippen molar-refractivity contribution in [3.63, 3.8) is 0 Å². The molecular formula is CH7KO3P+. The summed E-state index contributed by atoms with van der Waals surface area (Å²) in [4.78, 5) is 23.2. The van der Waals surface area contributed by atoms with Gasteiger partial charge in [0.1, 0.15) is 6.66 Å². The molecule has 0 aliphatic heterocycles. The van der Waals surface area contributed by atoms with Crippen LogP contribution in [-0.2, 0) is 0 Å². The van der Waals surface area contributed by atoms with Crippen molar-refractivity contribution >= 4 is 7.94 Å². The van der Waals surface area contributed by atoms with E-state index in [1.807, 2.05) is 0 Å². The van der Waals surface area contributed by atoms with Gasteiger partial charge >= 0.3 is 59.3 Å². The normalized spacial score (nSPS) is 10.0. The molecule has 6 heavy (non-hydrogen) atoms. The SMILES string of the molecule is C[P+](O)(O)O.[H-].[K+]. The van der Waals surface area contributed by atoms with Crippen LogP contribution in [0.1, 0.15) is 1.43 Å². The molecule has 34 valence electrons. The number of hydrogen-bond acceptors (Lipinski definition) is 3. The van der Waals surface area contributed by atoms with E-state index in [1.54, 1.807) is 0 Å². The van der Waals surface area contributed by atoms with E-state index in [0.29, 0.717) is 0 Å². The van der Waals surface area contributed by atoms with Gasteiger partial charge in [0.15, 0.2) is 0 Å². The van der Waals surface area contributed by atoms with E-state index in [4.69, 9.17) is 14.7 Å². The van der Waals surface area contributed by atoms with Crippen LogP contribution in [0.15, 0.2) is 0 Å². The molecule has 0 saturated heterocycles. The third-order valence-corrected chi connectivity index (χ3v) is 0. The number of hydrogen-bond donors (Lipinski definition) is 3. The maximum atomic E-state index is 7.74. The quantitative estimate of drug-likeness (QED) is 0.239. The molecule has 3 N–H and O–H groups in total. The molecule has 0 heterocycles. The first-order chi connectivity index (χ1) is 2.00. The summed E-state index contributed by atoms with van der Waals surface area (Å²) >= 11 is 0. The first-order valence-corrected chi connectivity index (χ1v) is 3.14. The first-order valence-electron chi connectivity index (χ1n) is 1.05. The average Bonchev–Trinajstić information content (AvgIpc) is 0.722. The first kappa shape index (κ1) is 10.8. The second-order valence-corrected chi connectivity index (χ2v) is 2.60. The van der Waals surface area contributed by atoms with Crippen LogP contribution < -0.4 is 51.4 Å². The van der Waals surface area contributed by atoms with Crippen molar-refractivity contribution in [2.24, 2.45) is 0 Å². The van der Waals surface area contributed by atoms with E-state index in [1.165, 1.54) is 0 Å². The topological polar surface area (TPSA) is 60.7 Å². The summed E-state index contributed by atoms with van der Waals surface area (Å²) in [6, 6.07) is 0. The van der Waals surface area contributed by atoms with Gasteiger partial charge in [0.25, 0.3) is 0 Å². The summed E-state index contributed by atoms with van der Waals surface area (Å²) in [5.74, 6) is 0. The number of rotatable bonds is 0. The predicted octanol–water partition coefficient (Wildman–Crippen LogP) is -3.53. The van der Waals surface area contributed by atoms with E-state index in [-0.39, 0.29) is 52.8 Å². The minimum Gasteiger partial charge on any atom is -1.00 e. The van der Waals surface area contributed by atoms with Crippen molar-refractivity contribution in [1.82, 2.24) is 0 Å². The summed E-state index contributed by atoms with van der Waals surface area (Å²) in [5.41, 5.74) is 0. The standard InChI is InChI=1S/CH6O3P.K.H/c1-5(2,3)4;;/h2-4H,1H3;;/q2*+1;-1. The van der Waals surface area contributed by atoms with Gasteiger partial charge in [-0.2, -0.15) is 14.7 Å². The van der Waals surface area contributed by atoms with Crippen LogP contribution in [-0.4, -0.2) is 21.3 Å². The van der Waals surface area contributed by atoms with Gasteiger partial charge in [-0.1, -0.05) is 0 Å². The van der Waals surface area contributed by atoms with Gasteiger partial charge in [0.05, 0.1) is 0 Å². The fourth-order valence-electron chi connectivity index (χ4n) is 0. The molecule has 0 unspecified atom stereocenters. The molecule has 0 bridgehead atoms. The van der Waals surface area contributed by atoms with Crippen LogP contribution in [0.5, 0.6) is 0 Å². The smallest absolute Gasteiger partial charge is 1.00 e. The molecule has 0 fully saturated rings. The minimum absolute atomic E-state index is 0. The van der Waals surface area contributed by atoms with Gasteiger partial charge in [0.2, 0.25) is 0 Å². The van der Waals surface area contributed by atoms with E-state index in [0.717, 1.165) is 6.66 Å². The zero-order valence-corrected chi connectivity index (χ0v) is 7.81. The van der Waals surface area contributed by atoms with Gasteiger partial charge < -0.3 is 1.43 Å². The molecule has 0 aromatic rings. The maximum Gasteiger partial charge on any atom is 1.00 e. The second-order valence-electron chi connectivity index (χ2n) is 0.868. The molecule has 0 radical (unpaired) electrons. The molecule has 0 aliphatic carbocycles. The van der Waals surface area contributed by atoms with Crippen LogP contribution in [0.4, 0.5) is 0 Å². The molecule has 0 amide bonds. The monoisotopic (exact) mass is 137 g/mol. The largest absolute Gasteiger partial charge is 1.00 e. The molecular weight excluding hydrogens is 130 g/mol. The maximum absolute atomic E-state index is 7.74. The Kier molecular flexibility index (Phi) is 7.03. The molecule has 0 aromatic heterocycles. The zero-order valence-electron chi connectivity index (χ0n) is 4.79. The van der Waals surface area contributed by atoms with E-state index in [2.05, 4.69) is 0 Å². The van der Waals surface area contributed by atoms with Crippen LogP contribution >= 0.6 is 7.94 Å². The van der Waals surface area contributed by atoms with E-state index < -0.39 is 7.94 Å². The van der Waals surface area contributed by atoms with Crippen molar-refractivity contribution in [3.05, 3.63) is 0 Å². The Morgan fingerprint density at radius 3 is 1.33 bits per heavy atom. The van der Waals surface area contributed by atoms with Crippen molar-refractivity contribution in [1.29, 1.82) is 0 Å². The third-order valence-electron chi connectivity index (χ3n) is 0. The van der Waals surface area contributed by atoms with Gasteiger partial charge in [-0.25, -0.2) is 0 Å². The van der Waals surface area contributed by atoms with E-state index >= 15 is 0 Å². The molecule has 0 atom stereocenters. The molecule has 0 aromatic carbocycles. The minimum atomic E-state index is -3.39. The van der Waals surface area contributed by atoms with Crippen LogP contribution in [0.2, 0.25) is 0 Å². The van der Waals surface area contributed by atoms with Crippen LogP contribution in [0.25, 0.3) is 0 Å². The van der Waals surface area contributed by atoms with Crippen molar-refractivity contribution < 1.29 is 67.5 Å². The Bertz CT molecular complexity index is 30.4. The molecule has 0 aliphatic rings. The summed E-state index contributed by atoms with van der Waals surface area (Å²) in [6.07, 6.45) is 0. The predicted molar refractivity (Wildman–Crippen MR) is 20.6 cm³/mol. The fourth-order valence-corrected chi connectivity index (χ4v) is 0. The van der Waals surface area contributed by atoms with Crippen molar-refractivity contribution in [3.8, 4) is 0 Å². The Morgan fingerprint density at radius 2 is 1.33 bits per heavy atom. The van der Waals surface area contributed by atoms with Crippen molar-refractivity contribution in [2.75, 3.05) is 6.66 Å². The van der Waals surface area contributed by atoms with Gasteiger partial charge in [0, 0.05) is 0 Å². The van der Waals surface area contributed by atoms with Crippen molar-refractivity contribution in [2.45, 2.75) is 0 Å². The molecule has 0 spiro atoms. The van der Waals surface area contributed by atoms with E-state index in [9.17, 15) is 0 Å². The molecule has 0 rings (SSSR count). The third kappa shape index (κ3) is 38.4. The second kappa shape index (κ2) is 3.89. The Balaban J connectivity index is -0.0000000800. The summed E-state index contributed by atoms with van der Waals surface area (Å²) in [5, 5.41) is 0. The summed E-state index contributed by atoms with van der Waals surface area (Å²) in [7, 11) is -3.39. The summed E-state index contributed by atoms with van der Waals surface area (Å²) < 4.78 is 0. The summed E-state index contributed by atoms with van der Waals surface area (Å²) in [6.45, 7) is 0.965. The van der Waals surface area contributed by atoms with Gasteiger partial charge in [-0.3, -0.25) is 0 Å².